The summed E-state index contributed by atoms with van der Waals surface area (Å²) in [5.41, 5.74) is 1.05. The number of carbonyl (C=O) groups excluding carboxylic acids is 2. The maximum Gasteiger partial charge on any atom is 0.251 e. The van der Waals surface area contributed by atoms with Crippen LogP contribution in [0.5, 0.6) is 0 Å². The van der Waals surface area contributed by atoms with Gasteiger partial charge in [-0.1, -0.05) is 12.5 Å². The van der Waals surface area contributed by atoms with Crippen LogP contribution >= 0.6 is 0 Å². The number of hydrogen-bond donors (Lipinski definition) is 1. The van der Waals surface area contributed by atoms with Gasteiger partial charge in [0.25, 0.3) is 5.91 Å². The van der Waals surface area contributed by atoms with Crippen molar-refractivity contribution in [3.05, 3.63) is 29.3 Å². The Balaban J connectivity index is 1.65. The number of nitrogens with one attached hydrogen (secondary N) is 1. The summed E-state index contributed by atoms with van der Waals surface area (Å²) in [6.07, 6.45) is 5.11. The summed E-state index contributed by atoms with van der Waals surface area (Å²) >= 11 is 0. The fourth-order valence-corrected chi connectivity index (χ4v) is 5.31. The van der Waals surface area contributed by atoms with Crippen LogP contribution in [0.2, 0.25) is 0 Å². The molecule has 0 radical (unpaired) electrons. The Hall–Kier alpha value is -1.93. The minimum Gasteiger partial charge on any atom is -0.352 e. The largest absolute Gasteiger partial charge is 0.352 e. The number of sulfonamides is 1. The monoisotopic (exact) mass is 407 g/mol. The first-order chi connectivity index (χ1) is 13.4. The Morgan fingerprint density at radius 1 is 1.00 bits per heavy atom. The predicted octanol–water partition coefficient (Wildman–Crippen LogP) is 1.91. The van der Waals surface area contributed by atoms with Gasteiger partial charge < -0.3 is 10.2 Å². The van der Waals surface area contributed by atoms with Gasteiger partial charge in [0.15, 0.2) is 0 Å². The summed E-state index contributed by atoms with van der Waals surface area (Å²) in [5, 5.41) is 2.76. The van der Waals surface area contributed by atoms with Gasteiger partial charge in [-0.15, -0.1) is 0 Å². The van der Waals surface area contributed by atoms with E-state index in [4.69, 9.17) is 0 Å². The SMILES string of the molecule is Cc1ccc(S(=O)(=O)N2CCCCC2)cc1C(=O)NCCC(=O)N1CCCC1. The lowest BCUT2D eigenvalue weighted by molar-refractivity contribution is -0.129. The average Bonchev–Trinajstić information content (AvgIpc) is 3.23. The Kier molecular flexibility index (Phi) is 6.72. The van der Waals surface area contributed by atoms with E-state index in [0.717, 1.165) is 45.2 Å². The van der Waals surface area contributed by atoms with Crippen molar-refractivity contribution >= 4 is 21.8 Å². The summed E-state index contributed by atoms with van der Waals surface area (Å²) in [5.74, 6) is -0.293. The van der Waals surface area contributed by atoms with Crippen molar-refractivity contribution in [1.29, 1.82) is 0 Å². The standard InChI is InChI=1S/C20H29N3O4S/c1-16-7-8-17(28(26,27)23-13-3-2-4-14-23)15-18(16)20(25)21-10-9-19(24)22-11-5-6-12-22/h7-8,15H,2-6,9-14H2,1H3,(H,21,25). The number of amides is 2. The number of rotatable bonds is 6. The summed E-state index contributed by atoms with van der Waals surface area (Å²) < 4.78 is 27.2. The molecule has 2 aliphatic rings. The minimum absolute atomic E-state index is 0.0518. The highest BCUT2D eigenvalue weighted by Crippen LogP contribution is 2.23. The molecule has 3 rings (SSSR count). The van der Waals surface area contributed by atoms with E-state index in [9.17, 15) is 18.0 Å². The molecule has 2 fully saturated rings. The van der Waals surface area contributed by atoms with Crippen LogP contribution in [0.3, 0.4) is 0 Å². The van der Waals surface area contributed by atoms with E-state index in [1.54, 1.807) is 19.1 Å². The molecule has 7 nitrogen and oxygen atoms in total. The predicted molar refractivity (Wildman–Crippen MR) is 107 cm³/mol. The molecule has 28 heavy (non-hydrogen) atoms. The molecule has 1 aromatic carbocycles. The quantitative estimate of drug-likeness (QED) is 0.780. The van der Waals surface area contributed by atoms with Gasteiger partial charge in [-0.25, -0.2) is 8.42 Å². The number of carbonyl (C=O) groups is 2. The first kappa shape index (κ1) is 20.8. The van der Waals surface area contributed by atoms with Crippen LogP contribution in [0.1, 0.15) is 54.4 Å². The van der Waals surface area contributed by atoms with Crippen LogP contribution in [0.25, 0.3) is 0 Å². The number of piperidine rings is 1. The van der Waals surface area contributed by atoms with E-state index in [1.807, 2.05) is 4.90 Å². The zero-order valence-electron chi connectivity index (χ0n) is 16.4. The smallest absolute Gasteiger partial charge is 0.251 e. The van der Waals surface area contributed by atoms with Crippen molar-refractivity contribution in [3.63, 3.8) is 0 Å². The highest BCUT2D eigenvalue weighted by Gasteiger charge is 2.27. The summed E-state index contributed by atoms with van der Waals surface area (Å²) in [6, 6.07) is 4.69. The van der Waals surface area contributed by atoms with Crippen LogP contribution in [-0.4, -0.2) is 62.2 Å². The first-order valence-corrected chi connectivity index (χ1v) is 11.5. The third kappa shape index (κ3) is 4.72. The third-order valence-electron chi connectivity index (χ3n) is 5.49. The molecule has 0 spiro atoms. The Bertz CT molecular complexity index is 826. The fraction of sp³-hybridized carbons (Fsp3) is 0.600. The molecule has 1 N–H and O–H groups in total. The van der Waals surface area contributed by atoms with Gasteiger partial charge in [-0.05, 0) is 50.3 Å². The van der Waals surface area contributed by atoms with Gasteiger partial charge >= 0.3 is 0 Å². The van der Waals surface area contributed by atoms with Gasteiger partial charge in [0.05, 0.1) is 4.90 Å². The number of aryl methyl sites for hydroxylation is 1. The van der Waals surface area contributed by atoms with Crippen LogP contribution in [0.15, 0.2) is 23.1 Å². The van der Waals surface area contributed by atoms with Crippen molar-refractivity contribution in [2.45, 2.75) is 50.3 Å². The lowest BCUT2D eigenvalue weighted by atomic mass is 10.1. The molecule has 1 aromatic rings. The van der Waals surface area contributed by atoms with Crippen molar-refractivity contribution in [2.75, 3.05) is 32.7 Å². The highest BCUT2D eigenvalue weighted by atomic mass is 32.2. The molecule has 0 atom stereocenters. The summed E-state index contributed by atoms with van der Waals surface area (Å²) in [7, 11) is -3.59. The second-order valence-electron chi connectivity index (χ2n) is 7.54. The fourth-order valence-electron chi connectivity index (χ4n) is 3.76. The minimum atomic E-state index is -3.59. The van der Waals surface area contributed by atoms with Gasteiger partial charge in [0.2, 0.25) is 15.9 Å². The van der Waals surface area contributed by atoms with Crippen LogP contribution < -0.4 is 5.32 Å². The maximum absolute atomic E-state index is 12.9. The molecule has 154 valence electrons. The molecule has 0 aliphatic carbocycles. The van der Waals surface area contributed by atoms with E-state index in [-0.39, 0.29) is 29.7 Å². The number of nitrogens with zero attached hydrogens (tertiary/aromatic N) is 2. The topological polar surface area (TPSA) is 86.8 Å². The molecule has 2 heterocycles. The summed E-state index contributed by atoms with van der Waals surface area (Å²) in [4.78, 5) is 26.6. The van der Waals surface area contributed by atoms with Gasteiger partial charge in [0.1, 0.15) is 0 Å². The van der Waals surface area contributed by atoms with Gasteiger partial charge in [0, 0.05) is 44.7 Å². The Morgan fingerprint density at radius 3 is 2.32 bits per heavy atom. The molecule has 2 aliphatic heterocycles. The lowest BCUT2D eigenvalue weighted by Gasteiger charge is -2.26. The van der Waals surface area contributed by atoms with Gasteiger partial charge in [-0.2, -0.15) is 4.31 Å². The zero-order valence-corrected chi connectivity index (χ0v) is 17.3. The normalized spacial score (nSPS) is 18.2. The summed E-state index contributed by atoms with van der Waals surface area (Å²) in [6.45, 7) is 4.66. The number of benzene rings is 1. The number of likely N-dealkylation sites (tertiary alicyclic amines) is 1. The molecular formula is C20H29N3O4S. The lowest BCUT2D eigenvalue weighted by Crippen LogP contribution is -2.36. The van der Waals surface area contributed by atoms with E-state index in [1.165, 1.54) is 10.4 Å². The molecule has 8 heteroatoms. The van der Waals surface area contributed by atoms with Crippen LogP contribution in [0, 0.1) is 6.92 Å². The first-order valence-electron chi connectivity index (χ1n) is 10.1. The Labute approximate surface area is 167 Å². The zero-order chi connectivity index (χ0) is 20.1. The molecule has 2 amide bonds. The van der Waals surface area contributed by atoms with Crippen molar-refractivity contribution < 1.29 is 18.0 Å². The number of hydrogen-bond acceptors (Lipinski definition) is 4. The van der Waals surface area contributed by atoms with Crippen LogP contribution in [-0.2, 0) is 14.8 Å². The second-order valence-corrected chi connectivity index (χ2v) is 9.47. The molecule has 0 bridgehead atoms. The second kappa shape index (κ2) is 9.05. The average molecular weight is 408 g/mol. The van der Waals surface area contributed by atoms with E-state index >= 15 is 0 Å². The molecular weight excluding hydrogens is 378 g/mol. The molecule has 2 saturated heterocycles. The van der Waals surface area contributed by atoms with Crippen molar-refractivity contribution in [2.24, 2.45) is 0 Å². The Morgan fingerprint density at radius 2 is 1.64 bits per heavy atom. The van der Waals surface area contributed by atoms with Crippen molar-refractivity contribution in [1.82, 2.24) is 14.5 Å². The van der Waals surface area contributed by atoms with Gasteiger partial charge in [-0.3, -0.25) is 9.59 Å². The molecule has 0 unspecified atom stereocenters. The van der Waals surface area contributed by atoms with E-state index in [0.29, 0.717) is 24.2 Å². The maximum atomic E-state index is 12.9. The highest BCUT2D eigenvalue weighted by molar-refractivity contribution is 7.89. The van der Waals surface area contributed by atoms with Crippen LogP contribution in [0.4, 0.5) is 0 Å². The van der Waals surface area contributed by atoms with Crippen molar-refractivity contribution in [3.8, 4) is 0 Å². The van der Waals surface area contributed by atoms with E-state index in [2.05, 4.69) is 5.32 Å². The third-order valence-corrected chi connectivity index (χ3v) is 7.38. The molecule has 0 saturated carbocycles. The van der Waals surface area contributed by atoms with E-state index < -0.39 is 10.0 Å². The molecule has 0 aromatic heterocycles.